The molecule has 0 spiro atoms. The Bertz CT molecular complexity index is 4560. The highest BCUT2D eigenvalue weighted by Gasteiger charge is 2.20. The molecule has 2 aliphatic rings. The zero-order valence-corrected chi connectivity index (χ0v) is 44.4. The number of nitrogens with zero attached hydrogens (tertiary/aromatic N) is 2. The van der Waals surface area contributed by atoms with Gasteiger partial charge in [0.1, 0.15) is 5.75 Å². The van der Waals surface area contributed by atoms with Crippen LogP contribution in [0.25, 0.3) is 135 Å². The van der Waals surface area contributed by atoms with Crippen LogP contribution < -0.4 is 4.74 Å². The van der Waals surface area contributed by atoms with Crippen LogP contribution in [0.2, 0.25) is 0 Å². The van der Waals surface area contributed by atoms with Crippen molar-refractivity contribution in [2.75, 3.05) is 0 Å². The smallest absolute Gasteiger partial charge is 0.335 e. The quantitative estimate of drug-likeness (QED) is 0.0693. The molecule has 0 unspecified atom stereocenters. The van der Waals surface area contributed by atoms with Crippen LogP contribution in [-0.2, 0) is 4.79 Å². The van der Waals surface area contributed by atoms with Gasteiger partial charge in [-0.05, 0) is 164 Å². The molecule has 84 heavy (non-hydrogen) atoms. The second-order valence-electron chi connectivity index (χ2n) is 20.2. The summed E-state index contributed by atoms with van der Waals surface area (Å²) < 4.78 is 5.06. The Morgan fingerprint density at radius 1 is 0.298 bits per heavy atom. The summed E-state index contributed by atoms with van der Waals surface area (Å²) in [5.41, 5.74) is 20.8. The van der Waals surface area contributed by atoms with E-state index in [0.717, 1.165) is 111 Å². The van der Waals surface area contributed by atoms with Crippen molar-refractivity contribution >= 4 is 70.8 Å². The molecule has 5 heterocycles. The van der Waals surface area contributed by atoms with Crippen LogP contribution in [0.15, 0.2) is 218 Å². The van der Waals surface area contributed by atoms with Crippen LogP contribution in [0.1, 0.15) is 53.8 Å². The SMILES string of the molecule is O=COc1ccc(-c2ccc(-c3c4nc(c(-c5ccc(-c6ccc(C(=O)O)cc6)cc5)c5ccc([nH]5)c(-c5ccc(-c6ccc(C(=O)O)cc6)cc5)c5nc(c(-c6ccc(-c7ccc(C(=O)O)cc7)cc6)c6ccc3[nH]6)C=C5)C=C4)cc2)cc1. The van der Waals surface area contributed by atoms with E-state index in [9.17, 15) is 34.5 Å². The highest BCUT2D eigenvalue weighted by atomic mass is 16.5. The van der Waals surface area contributed by atoms with Crippen LogP contribution in [-0.4, -0.2) is 59.6 Å². The Kier molecular flexibility index (Phi) is 13.4. The molecule has 3 aromatic heterocycles. The number of benzene rings is 8. The minimum Gasteiger partial charge on any atom is -0.478 e. The number of carboxylic acids is 3. The molecule has 12 heteroatoms. The van der Waals surface area contributed by atoms with E-state index < -0.39 is 17.9 Å². The molecular weight excluding hydrogens is 1050 g/mol. The van der Waals surface area contributed by atoms with Crippen molar-refractivity contribution in [2.24, 2.45) is 0 Å². The third-order valence-corrected chi connectivity index (χ3v) is 15.2. The molecule has 0 saturated heterocycles. The van der Waals surface area contributed by atoms with Gasteiger partial charge in [-0.25, -0.2) is 24.4 Å². The fourth-order valence-electron chi connectivity index (χ4n) is 10.9. The van der Waals surface area contributed by atoms with Crippen LogP contribution in [0.3, 0.4) is 0 Å². The molecule has 13 rings (SSSR count). The number of fused-ring (bicyclic) bond motifs is 8. The molecule has 0 fully saturated rings. The molecule has 0 radical (unpaired) electrons. The Morgan fingerprint density at radius 2 is 0.500 bits per heavy atom. The first-order chi connectivity index (χ1) is 41.0. The number of hydrogen-bond acceptors (Lipinski definition) is 7. The molecule has 0 atom stereocenters. The number of carbonyl (C=O) groups is 4. The largest absolute Gasteiger partial charge is 0.478 e. The van der Waals surface area contributed by atoms with Crippen molar-refractivity contribution in [3.8, 4) is 94.8 Å². The van der Waals surface area contributed by atoms with Gasteiger partial charge in [-0.1, -0.05) is 146 Å². The van der Waals surface area contributed by atoms with Gasteiger partial charge in [0.2, 0.25) is 0 Å². The zero-order chi connectivity index (χ0) is 57.4. The first-order valence-electron chi connectivity index (χ1n) is 26.8. The van der Waals surface area contributed by atoms with Gasteiger partial charge in [-0.3, -0.25) is 4.79 Å². The van der Waals surface area contributed by atoms with E-state index in [0.29, 0.717) is 35.0 Å². The standard InChI is InChI=1S/C72H46N4O8/c77-41-84-57-31-29-49(30-32-57)45-7-21-53(22-8-45)69-64-39-37-62(75-64)67(51-17-3-43(4-18-51)47-11-25-55(26-12-47)71(80)81)60-35-33-58(73-60)66(50-15-1-42(2-16-50)46-9-23-54(24-10-46)70(78)79)59-34-36-61(74-59)68(63-38-40-65(69)76-63)52-19-5-44(6-20-52)48-13-27-56(28-14-48)72(82)83/h1-41,73,76H,(H,78,79)(H,80,81)(H,82,83). The fourth-order valence-corrected chi connectivity index (χ4v) is 10.9. The molecule has 5 N–H and O–H groups in total. The number of hydrogen-bond donors (Lipinski definition) is 5. The molecule has 402 valence electrons. The van der Waals surface area contributed by atoms with Crippen molar-refractivity contribution in [1.82, 2.24) is 19.9 Å². The van der Waals surface area contributed by atoms with Gasteiger partial charge in [0.15, 0.2) is 0 Å². The molecule has 8 aromatic carbocycles. The summed E-state index contributed by atoms with van der Waals surface area (Å²) in [4.78, 5) is 64.8. The fraction of sp³-hybridized carbons (Fsp3) is 0. The summed E-state index contributed by atoms with van der Waals surface area (Å²) >= 11 is 0. The van der Waals surface area contributed by atoms with E-state index in [1.165, 1.54) is 0 Å². The number of ether oxygens (including phenoxy) is 1. The Balaban J connectivity index is 1.05. The Hall–Kier alpha value is -11.8. The van der Waals surface area contributed by atoms with Gasteiger partial charge < -0.3 is 30.0 Å². The van der Waals surface area contributed by atoms with Crippen molar-refractivity contribution in [3.05, 3.63) is 258 Å². The topological polar surface area (TPSA) is 196 Å². The number of nitrogens with one attached hydrogen (secondary N) is 2. The lowest BCUT2D eigenvalue weighted by atomic mass is 9.98. The predicted octanol–water partition coefficient (Wildman–Crippen LogP) is 16.6. The number of aromatic amines is 2. The molecule has 12 nitrogen and oxygen atoms in total. The number of carboxylic acid groups (broad SMARTS) is 3. The van der Waals surface area contributed by atoms with Gasteiger partial charge in [0.05, 0.1) is 39.5 Å². The van der Waals surface area contributed by atoms with Gasteiger partial charge in [-0.2, -0.15) is 0 Å². The van der Waals surface area contributed by atoms with E-state index in [4.69, 9.17) is 14.7 Å². The average molecular weight is 1100 g/mol. The molecule has 0 saturated carbocycles. The van der Waals surface area contributed by atoms with Gasteiger partial charge in [0, 0.05) is 44.3 Å². The molecule has 11 aromatic rings. The molecular formula is C72H46N4O8. The summed E-state index contributed by atoms with van der Waals surface area (Å²) in [5.74, 6) is -2.52. The number of aromatic carboxylic acids is 3. The predicted molar refractivity (Wildman–Crippen MR) is 330 cm³/mol. The van der Waals surface area contributed by atoms with Crippen molar-refractivity contribution in [2.45, 2.75) is 0 Å². The third-order valence-electron chi connectivity index (χ3n) is 15.2. The zero-order valence-electron chi connectivity index (χ0n) is 44.4. The van der Waals surface area contributed by atoms with Crippen molar-refractivity contribution in [3.63, 3.8) is 0 Å². The highest BCUT2D eigenvalue weighted by Crippen LogP contribution is 2.40. The second-order valence-corrected chi connectivity index (χ2v) is 20.2. The van der Waals surface area contributed by atoms with E-state index in [2.05, 4.69) is 94.9 Å². The van der Waals surface area contributed by atoms with E-state index in [1.807, 2.05) is 97.1 Å². The van der Waals surface area contributed by atoms with Crippen molar-refractivity contribution < 1.29 is 39.2 Å². The maximum Gasteiger partial charge on any atom is 0.335 e. The lowest BCUT2D eigenvalue weighted by Gasteiger charge is -2.09. The average Bonchev–Trinajstić information content (AvgIpc) is 4.47. The van der Waals surface area contributed by atoms with Gasteiger partial charge in [-0.15, -0.1) is 0 Å². The normalized spacial score (nSPS) is 11.6. The van der Waals surface area contributed by atoms with Gasteiger partial charge in [0.25, 0.3) is 6.47 Å². The maximum absolute atomic E-state index is 11.7. The summed E-state index contributed by atoms with van der Waals surface area (Å²) in [7, 11) is 0. The summed E-state index contributed by atoms with van der Waals surface area (Å²) in [5, 5.41) is 28.8. The van der Waals surface area contributed by atoms with Crippen LogP contribution in [0.4, 0.5) is 0 Å². The number of rotatable bonds is 13. The first kappa shape index (κ1) is 51.7. The molecule has 0 amide bonds. The molecule has 2 aliphatic heterocycles. The monoisotopic (exact) mass is 1090 g/mol. The second kappa shape index (κ2) is 21.7. The maximum atomic E-state index is 11.7. The lowest BCUT2D eigenvalue weighted by molar-refractivity contribution is -0.120. The summed E-state index contributed by atoms with van der Waals surface area (Å²) in [6.07, 6.45) is 8.14. The van der Waals surface area contributed by atoms with Crippen molar-refractivity contribution in [1.29, 1.82) is 0 Å². The minimum atomic E-state index is -0.991. The van der Waals surface area contributed by atoms with E-state index in [1.54, 1.807) is 60.7 Å². The Morgan fingerprint density at radius 3 is 0.714 bits per heavy atom. The molecule has 8 bridgehead atoms. The number of carbonyl (C=O) groups excluding carboxylic acids is 1. The molecule has 0 aliphatic carbocycles. The minimum absolute atomic E-state index is 0.206. The van der Waals surface area contributed by atoms with Crippen LogP contribution in [0.5, 0.6) is 5.75 Å². The van der Waals surface area contributed by atoms with Crippen LogP contribution >= 0.6 is 0 Å². The number of H-pyrrole nitrogens is 2. The van der Waals surface area contributed by atoms with Gasteiger partial charge >= 0.3 is 17.9 Å². The Labute approximate surface area is 480 Å². The first-order valence-corrected chi connectivity index (χ1v) is 26.8. The third kappa shape index (κ3) is 10.0. The summed E-state index contributed by atoms with van der Waals surface area (Å²) in [6.45, 7) is 0.409. The van der Waals surface area contributed by atoms with Crippen LogP contribution in [0, 0.1) is 0 Å². The number of aromatic nitrogens is 4. The van der Waals surface area contributed by atoms with E-state index >= 15 is 0 Å². The lowest BCUT2D eigenvalue weighted by Crippen LogP contribution is -1.95. The van der Waals surface area contributed by atoms with E-state index in [-0.39, 0.29) is 16.7 Å². The highest BCUT2D eigenvalue weighted by molar-refractivity contribution is 6.01. The summed E-state index contributed by atoms with van der Waals surface area (Å²) in [6, 6.07) is 68.8.